The minimum atomic E-state index is -1.21. The minimum Gasteiger partial charge on any atom is -0.478 e. The fraction of sp³-hybridized carbons (Fsp3) is 0.250. The van der Waals surface area contributed by atoms with E-state index in [2.05, 4.69) is 10.6 Å². The number of urea groups is 1. The first-order valence-corrected chi connectivity index (χ1v) is 5.93. The van der Waals surface area contributed by atoms with Crippen LogP contribution in [0.15, 0.2) is 18.2 Å². The van der Waals surface area contributed by atoms with Crippen LogP contribution in [-0.4, -0.2) is 28.6 Å². The van der Waals surface area contributed by atoms with Gasteiger partial charge in [-0.3, -0.25) is 4.79 Å². The number of primary amides is 1. The number of nitrogens with two attached hydrogens (primary N) is 1. The number of benzene rings is 1. The van der Waals surface area contributed by atoms with Crippen molar-refractivity contribution in [1.82, 2.24) is 5.32 Å². The van der Waals surface area contributed by atoms with Crippen LogP contribution >= 0.6 is 11.6 Å². The molecular weight excluding hydrogens is 286 g/mol. The lowest BCUT2D eigenvalue weighted by atomic mass is 10.1. The molecule has 0 saturated heterocycles. The van der Waals surface area contributed by atoms with Crippen LogP contribution in [0.25, 0.3) is 0 Å². The molecule has 0 aromatic heterocycles. The highest BCUT2D eigenvalue weighted by Crippen LogP contribution is 2.21. The van der Waals surface area contributed by atoms with Crippen LogP contribution in [-0.2, 0) is 4.79 Å². The number of carbonyl (C=O) groups excluding carboxylic acids is 2. The van der Waals surface area contributed by atoms with E-state index in [1.807, 2.05) is 0 Å². The van der Waals surface area contributed by atoms with E-state index in [0.717, 1.165) is 0 Å². The Bertz CT molecular complexity index is 572. The lowest BCUT2D eigenvalue weighted by molar-refractivity contribution is -0.122. The second-order valence-corrected chi connectivity index (χ2v) is 4.98. The molecule has 0 radical (unpaired) electrons. The second kappa shape index (κ2) is 5.79. The number of carboxylic acid groups (broad SMARTS) is 1. The molecule has 1 rings (SSSR count). The third kappa shape index (κ3) is 3.86. The molecule has 5 N–H and O–H groups in total. The molecule has 0 bridgehead atoms. The number of rotatable bonds is 4. The summed E-state index contributed by atoms with van der Waals surface area (Å²) in [6, 6.07) is 3.28. The molecular formula is C12H14ClN3O4. The normalized spacial score (nSPS) is 10.8. The zero-order chi connectivity index (χ0) is 15.5. The topological polar surface area (TPSA) is 122 Å². The minimum absolute atomic E-state index is 0.00976. The first-order chi connectivity index (χ1) is 9.13. The van der Waals surface area contributed by atoms with Crippen molar-refractivity contribution in [2.24, 2.45) is 5.73 Å². The van der Waals surface area contributed by atoms with Gasteiger partial charge in [-0.25, -0.2) is 9.59 Å². The maximum atomic E-state index is 11.7. The van der Waals surface area contributed by atoms with Crippen molar-refractivity contribution in [2.75, 3.05) is 5.32 Å². The van der Waals surface area contributed by atoms with Crippen LogP contribution in [0.1, 0.15) is 24.2 Å². The zero-order valence-corrected chi connectivity index (χ0v) is 11.6. The van der Waals surface area contributed by atoms with Gasteiger partial charge in [0.1, 0.15) is 5.54 Å². The number of halogens is 1. The molecule has 1 aromatic carbocycles. The summed E-state index contributed by atoms with van der Waals surface area (Å²) in [5.41, 5.74) is 4.12. The van der Waals surface area contributed by atoms with Crippen molar-refractivity contribution in [2.45, 2.75) is 19.4 Å². The Labute approximate surface area is 120 Å². The number of nitrogens with one attached hydrogen (secondary N) is 2. The monoisotopic (exact) mass is 299 g/mol. The van der Waals surface area contributed by atoms with Crippen LogP contribution in [0, 0.1) is 0 Å². The maximum absolute atomic E-state index is 11.7. The average molecular weight is 300 g/mol. The lowest BCUT2D eigenvalue weighted by Gasteiger charge is -2.22. The van der Waals surface area contributed by atoms with Crippen molar-refractivity contribution in [3.05, 3.63) is 28.8 Å². The summed E-state index contributed by atoms with van der Waals surface area (Å²) in [5.74, 6) is -1.85. The second-order valence-electron chi connectivity index (χ2n) is 4.57. The Morgan fingerprint density at radius 1 is 1.30 bits per heavy atom. The van der Waals surface area contributed by atoms with Gasteiger partial charge in [0.25, 0.3) is 0 Å². The van der Waals surface area contributed by atoms with Crippen LogP contribution in [0.3, 0.4) is 0 Å². The van der Waals surface area contributed by atoms with Gasteiger partial charge in [0, 0.05) is 5.69 Å². The molecule has 8 heteroatoms. The standard InChI is InChI=1S/C12H14ClN3O4/c1-12(2,10(14)19)16-11(20)15-6-3-4-7(9(17)18)8(13)5-6/h3-5H,1-2H3,(H2,14,19)(H,17,18)(H2,15,16,20). The van der Waals surface area contributed by atoms with E-state index in [-0.39, 0.29) is 16.3 Å². The number of hydrogen-bond acceptors (Lipinski definition) is 3. The fourth-order valence-electron chi connectivity index (χ4n) is 1.27. The Morgan fingerprint density at radius 3 is 2.35 bits per heavy atom. The summed E-state index contributed by atoms with van der Waals surface area (Å²) >= 11 is 5.76. The quantitative estimate of drug-likeness (QED) is 0.671. The van der Waals surface area contributed by atoms with E-state index in [4.69, 9.17) is 22.4 Å². The van der Waals surface area contributed by atoms with E-state index in [1.165, 1.54) is 32.0 Å². The van der Waals surface area contributed by atoms with Crippen LogP contribution in [0.2, 0.25) is 5.02 Å². The largest absolute Gasteiger partial charge is 0.478 e. The zero-order valence-electron chi connectivity index (χ0n) is 10.9. The molecule has 0 saturated carbocycles. The highest BCUT2D eigenvalue weighted by molar-refractivity contribution is 6.33. The van der Waals surface area contributed by atoms with Gasteiger partial charge in [-0.1, -0.05) is 11.6 Å². The maximum Gasteiger partial charge on any atom is 0.337 e. The Kier molecular flexibility index (Phi) is 4.57. The molecule has 108 valence electrons. The number of hydrogen-bond donors (Lipinski definition) is 4. The predicted octanol–water partition coefficient (Wildman–Crippen LogP) is 1.42. The van der Waals surface area contributed by atoms with Crippen molar-refractivity contribution >= 4 is 35.2 Å². The van der Waals surface area contributed by atoms with Crippen molar-refractivity contribution < 1.29 is 19.5 Å². The molecule has 0 fully saturated rings. The molecule has 0 atom stereocenters. The van der Waals surface area contributed by atoms with Crippen molar-refractivity contribution in [1.29, 1.82) is 0 Å². The Balaban J connectivity index is 2.80. The summed E-state index contributed by atoms with van der Waals surface area (Å²) in [4.78, 5) is 33.5. The van der Waals surface area contributed by atoms with Gasteiger partial charge < -0.3 is 21.5 Å². The lowest BCUT2D eigenvalue weighted by Crippen LogP contribution is -2.54. The molecule has 0 spiro atoms. The summed E-state index contributed by atoms with van der Waals surface area (Å²) < 4.78 is 0. The summed E-state index contributed by atoms with van der Waals surface area (Å²) in [6.07, 6.45) is 0. The van der Waals surface area contributed by atoms with Gasteiger partial charge in [-0.05, 0) is 32.0 Å². The SMILES string of the molecule is CC(C)(NC(=O)Nc1ccc(C(=O)O)c(Cl)c1)C(N)=O. The summed E-state index contributed by atoms with van der Waals surface area (Å²) in [7, 11) is 0. The number of carboxylic acids is 1. The van der Waals surface area contributed by atoms with E-state index >= 15 is 0 Å². The molecule has 7 nitrogen and oxygen atoms in total. The predicted molar refractivity (Wildman–Crippen MR) is 73.8 cm³/mol. The van der Waals surface area contributed by atoms with Gasteiger partial charge in [-0.15, -0.1) is 0 Å². The summed E-state index contributed by atoms with van der Waals surface area (Å²) in [6.45, 7) is 2.91. The van der Waals surface area contributed by atoms with Gasteiger partial charge >= 0.3 is 12.0 Å². The van der Waals surface area contributed by atoms with Crippen LogP contribution in [0.4, 0.5) is 10.5 Å². The number of anilines is 1. The van der Waals surface area contributed by atoms with Gasteiger partial charge in [-0.2, -0.15) is 0 Å². The molecule has 0 aliphatic heterocycles. The molecule has 0 aliphatic rings. The van der Waals surface area contributed by atoms with E-state index < -0.39 is 23.4 Å². The fourth-order valence-corrected chi connectivity index (χ4v) is 1.54. The van der Waals surface area contributed by atoms with Crippen molar-refractivity contribution in [3.8, 4) is 0 Å². The molecule has 0 aliphatic carbocycles. The van der Waals surface area contributed by atoms with Gasteiger partial charge in [0.2, 0.25) is 5.91 Å². The smallest absolute Gasteiger partial charge is 0.337 e. The Hall–Kier alpha value is -2.28. The molecule has 1 aromatic rings. The van der Waals surface area contributed by atoms with Gasteiger partial charge in [0.05, 0.1) is 10.6 Å². The number of carbonyl (C=O) groups is 3. The molecule has 3 amide bonds. The average Bonchev–Trinajstić information content (AvgIpc) is 2.26. The van der Waals surface area contributed by atoms with E-state index in [0.29, 0.717) is 0 Å². The molecule has 0 heterocycles. The molecule has 20 heavy (non-hydrogen) atoms. The third-order valence-corrected chi connectivity index (χ3v) is 2.81. The van der Waals surface area contributed by atoms with E-state index in [1.54, 1.807) is 0 Å². The highest BCUT2D eigenvalue weighted by Gasteiger charge is 2.26. The van der Waals surface area contributed by atoms with Gasteiger partial charge in [0.15, 0.2) is 0 Å². The van der Waals surface area contributed by atoms with Crippen LogP contribution < -0.4 is 16.4 Å². The first kappa shape index (κ1) is 15.8. The highest BCUT2D eigenvalue weighted by atomic mass is 35.5. The molecule has 0 unspecified atom stereocenters. The Morgan fingerprint density at radius 2 is 1.90 bits per heavy atom. The van der Waals surface area contributed by atoms with E-state index in [9.17, 15) is 14.4 Å². The third-order valence-electron chi connectivity index (χ3n) is 2.50. The number of amides is 3. The van der Waals surface area contributed by atoms with Crippen molar-refractivity contribution in [3.63, 3.8) is 0 Å². The number of aromatic carboxylic acids is 1. The summed E-state index contributed by atoms with van der Waals surface area (Å²) in [5, 5.41) is 13.6. The van der Waals surface area contributed by atoms with Crippen LogP contribution in [0.5, 0.6) is 0 Å². The first-order valence-electron chi connectivity index (χ1n) is 5.55.